The van der Waals surface area contributed by atoms with Gasteiger partial charge in [0.1, 0.15) is 17.2 Å². The average Bonchev–Trinajstić information content (AvgIpc) is 2.70. The van der Waals surface area contributed by atoms with E-state index in [1.54, 1.807) is 21.3 Å². The number of rotatable bonds is 6. The first kappa shape index (κ1) is 17.9. The summed E-state index contributed by atoms with van der Waals surface area (Å²) in [5.41, 5.74) is 4.73. The summed E-state index contributed by atoms with van der Waals surface area (Å²) in [5, 5.41) is 0. The molecule has 0 aliphatic carbocycles. The number of aryl methyl sites for hydroxylation is 1. The van der Waals surface area contributed by atoms with Gasteiger partial charge in [-0.25, -0.2) is 0 Å². The molecular formula is C23H24O3. The first-order valence-corrected chi connectivity index (χ1v) is 8.59. The number of benzene rings is 3. The van der Waals surface area contributed by atoms with Crippen LogP contribution in [0.15, 0.2) is 66.7 Å². The summed E-state index contributed by atoms with van der Waals surface area (Å²) in [6.45, 7) is 2.12. The molecule has 0 radical (unpaired) electrons. The lowest BCUT2D eigenvalue weighted by Crippen LogP contribution is -2.07. The maximum Gasteiger partial charge on any atom is 0.123 e. The van der Waals surface area contributed by atoms with Crippen molar-refractivity contribution in [3.05, 3.63) is 89.0 Å². The molecule has 0 spiro atoms. The van der Waals surface area contributed by atoms with Crippen LogP contribution in [-0.2, 0) is 0 Å². The third-order valence-electron chi connectivity index (χ3n) is 4.69. The van der Waals surface area contributed by atoms with Crippen molar-refractivity contribution >= 4 is 0 Å². The van der Waals surface area contributed by atoms with Crippen LogP contribution in [0.1, 0.15) is 28.2 Å². The van der Waals surface area contributed by atoms with Crippen LogP contribution in [0, 0.1) is 6.92 Å². The molecule has 0 aliphatic rings. The molecule has 26 heavy (non-hydrogen) atoms. The molecule has 0 unspecified atom stereocenters. The van der Waals surface area contributed by atoms with Crippen LogP contribution < -0.4 is 14.2 Å². The lowest BCUT2D eigenvalue weighted by atomic mass is 9.82. The zero-order valence-corrected chi connectivity index (χ0v) is 15.7. The van der Waals surface area contributed by atoms with Crippen molar-refractivity contribution in [2.45, 2.75) is 12.8 Å². The number of hydrogen-bond donors (Lipinski definition) is 0. The van der Waals surface area contributed by atoms with E-state index in [-0.39, 0.29) is 5.92 Å². The molecule has 0 saturated carbocycles. The fourth-order valence-electron chi connectivity index (χ4n) is 3.32. The molecule has 3 aromatic carbocycles. The van der Waals surface area contributed by atoms with Crippen LogP contribution in [0.3, 0.4) is 0 Å². The molecule has 3 heteroatoms. The summed E-state index contributed by atoms with van der Waals surface area (Å²) in [7, 11) is 5.08. The van der Waals surface area contributed by atoms with E-state index in [1.807, 2.05) is 36.4 Å². The van der Waals surface area contributed by atoms with Gasteiger partial charge in [0, 0.05) is 11.5 Å². The molecule has 0 N–H and O–H groups in total. The Morgan fingerprint density at radius 1 is 0.615 bits per heavy atom. The SMILES string of the molecule is COc1ccc(C(c2ccc(OC)cc2)c2c(C)cccc2OC)cc1. The van der Waals surface area contributed by atoms with Gasteiger partial charge in [-0.1, -0.05) is 36.4 Å². The van der Waals surface area contributed by atoms with Crippen molar-refractivity contribution in [1.29, 1.82) is 0 Å². The Hall–Kier alpha value is -2.94. The predicted octanol–water partition coefficient (Wildman–Crippen LogP) is 5.20. The first-order valence-electron chi connectivity index (χ1n) is 8.59. The third kappa shape index (κ3) is 3.52. The van der Waals surface area contributed by atoms with Crippen molar-refractivity contribution in [3.8, 4) is 17.2 Å². The van der Waals surface area contributed by atoms with E-state index in [9.17, 15) is 0 Å². The number of methoxy groups -OCH3 is 3. The Labute approximate surface area is 155 Å². The monoisotopic (exact) mass is 348 g/mol. The summed E-state index contributed by atoms with van der Waals surface area (Å²) in [4.78, 5) is 0. The highest BCUT2D eigenvalue weighted by Crippen LogP contribution is 2.40. The van der Waals surface area contributed by atoms with Gasteiger partial charge in [0.05, 0.1) is 21.3 Å². The van der Waals surface area contributed by atoms with Gasteiger partial charge in [-0.15, -0.1) is 0 Å². The average molecular weight is 348 g/mol. The molecule has 0 saturated heterocycles. The zero-order chi connectivity index (χ0) is 18.5. The second-order valence-corrected chi connectivity index (χ2v) is 6.17. The Kier molecular flexibility index (Phi) is 5.47. The van der Waals surface area contributed by atoms with E-state index in [2.05, 4.69) is 37.3 Å². The lowest BCUT2D eigenvalue weighted by molar-refractivity contribution is 0.408. The minimum absolute atomic E-state index is 0.0583. The second kappa shape index (κ2) is 7.96. The van der Waals surface area contributed by atoms with Gasteiger partial charge < -0.3 is 14.2 Å². The molecule has 0 atom stereocenters. The molecule has 0 aliphatic heterocycles. The molecule has 3 nitrogen and oxygen atoms in total. The summed E-state index contributed by atoms with van der Waals surface area (Å²) in [6, 6.07) is 22.6. The van der Waals surface area contributed by atoms with Crippen LogP contribution in [0.25, 0.3) is 0 Å². The first-order chi connectivity index (χ1) is 12.7. The van der Waals surface area contributed by atoms with Gasteiger partial charge in [0.15, 0.2) is 0 Å². The summed E-state index contributed by atoms with van der Waals surface area (Å²) < 4.78 is 16.3. The lowest BCUT2D eigenvalue weighted by Gasteiger charge is -2.23. The van der Waals surface area contributed by atoms with Gasteiger partial charge in [-0.3, -0.25) is 0 Å². The van der Waals surface area contributed by atoms with Gasteiger partial charge in [0.25, 0.3) is 0 Å². The molecule has 3 rings (SSSR count). The molecule has 134 valence electrons. The van der Waals surface area contributed by atoms with Crippen molar-refractivity contribution in [1.82, 2.24) is 0 Å². The van der Waals surface area contributed by atoms with Crippen LogP contribution >= 0.6 is 0 Å². The van der Waals surface area contributed by atoms with Crippen molar-refractivity contribution in [3.63, 3.8) is 0 Å². The van der Waals surface area contributed by atoms with Gasteiger partial charge in [0.2, 0.25) is 0 Å². The minimum atomic E-state index is 0.0583. The quantitative estimate of drug-likeness (QED) is 0.573. The molecule has 0 fully saturated rings. The van der Waals surface area contributed by atoms with E-state index >= 15 is 0 Å². The van der Waals surface area contributed by atoms with Gasteiger partial charge >= 0.3 is 0 Å². The minimum Gasteiger partial charge on any atom is -0.497 e. The molecule has 0 aromatic heterocycles. The summed E-state index contributed by atoms with van der Waals surface area (Å²) >= 11 is 0. The standard InChI is InChI=1S/C23H24O3/c1-16-6-5-7-21(26-4)22(16)23(17-8-12-19(24-2)13-9-17)18-10-14-20(25-3)15-11-18/h5-15,23H,1-4H3. The number of hydrogen-bond acceptors (Lipinski definition) is 3. The normalized spacial score (nSPS) is 10.7. The van der Waals surface area contributed by atoms with Crippen LogP contribution in [0.4, 0.5) is 0 Å². The van der Waals surface area contributed by atoms with E-state index in [0.717, 1.165) is 17.2 Å². The molecule has 0 heterocycles. The largest absolute Gasteiger partial charge is 0.497 e. The Bertz CT molecular complexity index is 804. The topological polar surface area (TPSA) is 27.7 Å². The predicted molar refractivity (Wildman–Crippen MR) is 105 cm³/mol. The van der Waals surface area contributed by atoms with Crippen LogP contribution in [-0.4, -0.2) is 21.3 Å². The van der Waals surface area contributed by atoms with Crippen LogP contribution in [0.2, 0.25) is 0 Å². The van der Waals surface area contributed by atoms with E-state index in [0.29, 0.717) is 0 Å². The van der Waals surface area contributed by atoms with Crippen LogP contribution in [0.5, 0.6) is 17.2 Å². The maximum absolute atomic E-state index is 5.69. The fraction of sp³-hybridized carbons (Fsp3) is 0.217. The fourth-order valence-corrected chi connectivity index (χ4v) is 3.32. The highest BCUT2D eigenvalue weighted by Gasteiger charge is 2.22. The number of ether oxygens (including phenoxy) is 3. The highest BCUT2D eigenvalue weighted by atomic mass is 16.5. The van der Waals surface area contributed by atoms with Crippen molar-refractivity contribution in [2.75, 3.05) is 21.3 Å². The van der Waals surface area contributed by atoms with E-state index in [1.165, 1.54) is 22.3 Å². The van der Waals surface area contributed by atoms with Gasteiger partial charge in [-0.05, 0) is 53.9 Å². The van der Waals surface area contributed by atoms with Gasteiger partial charge in [-0.2, -0.15) is 0 Å². The highest BCUT2D eigenvalue weighted by molar-refractivity contribution is 5.53. The Balaban J connectivity index is 2.18. The Morgan fingerprint density at radius 3 is 1.54 bits per heavy atom. The smallest absolute Gasteiger partial charge is 0.123 e. The van der Waals surface area contributed by atoms with E-state index in [4.69, 9.17) is 14.2 Å². The van der Waals surface area contributed by atoms with Crippen molar-refractivity contribution < 1.29 is 14.2 Å². The summed E-state index contributed by atoms with van der Waals surface area (Å²) in [6.07, 6.45) is 0. The van der Waals surface area contributed by atoms with E-state index < -0.39 is 0 Å². The molecule has 0 bridgehead atoms. The zero-order valence-electron chi connectivity index (χ0n) is 15.7. The Morgan fingerprint density at radius 2 is 1.12 bits per heavy atom. The second-order valence-electron chi connectivity index (χ2n) is 6.17. The maximum atomic E-state index is 5.69. The molecular weight excluding hydrogens is 324 g/mol. The molecule has 0 amide bonds. The summed E-state index contributed by atoms with van der Waals surface area (Å²) in [5.74, 6) is 2.64. The van der Waals surface area contributed by atoms with Crippen molar-refractivity contribution in [2.24, 2.45) is 0 Å². The molecule has 3 aromatic rings. The third-order valence-corrected chi connectivity index (χ3v) is 4.69.